The molecule has 0 atom stereocenters. The van der Waals surface area contributed by atoms with Crippen LogP contribution in [0, 0.1) is 0 Å². The van der Waals surface area contributed by atoms with Crippen molar-refractivity contribution < 1.29 is 9.15 Å². The van der Waals surface area contributed by atoms with Gasteiger partial charge in [0, 0.05) is 5.56 Å². The highest BCUT2D eigenvalue weighted by Crippen LogP contribution is 2.30. The van der Waals surface area contributed by atoms with E-state index in [0.717, 1.165) is 28.4 Å². The van der Waals surface area contributed by atoms with Gasteiger partial charge in [0.25, 0.3) is 0 Å². The van der Waals surface area contributed by atoms with Crippen molar-refractivity contribution in [2.45, 2.75) is 6.54 Å². The molecule has 2 heterocycles. The summed E-state index contributed by atoms with van der Waals surface area (Å²) in [5.41, 5.74) is 3.50. The second kappa shape index (κ2) is 7.10. The molecule has 2 aromatic heterocycles. The molecule has 4 aromatic rings. The number of para-hydroxylation sites is 1. The van der Waals surface area contributed by atoms with Crippen molar-refractivity contribution in [1.29, 1.82) is 0 Å². The molecule has 26 heavy (non-hydrogen) atoms. The Morgan fingerprint density at radius 1 is 1.12 bits per heavy atom. The number of methoxy groups -OCH3 is 1. The summed E-state index contributed by atoms with van der Waals surface area (Å²) >= 11 is 0. The quantitative estimate of drug-likeness (QED) is 0.575. The third-order valence-electron chi connectivity index (χ3n) is 3.90. The first-order valence-electron chi connectivity index (χ1n) is 8.11. The maximum Gasteiger partial charge on any atom is 0.181 e. The summed E-state index contributed by atoms with van der Waals surface area (Å²) < 4.78 is 10.8. The minimum absolute atomic E-state index is 0.517. The highest BCUT2D eigenvalue weighted by molar-refractivity contribution is 5.68. The minimum atomic E-state index is 0.517. The third-order valence-corrected chi connectivity index (χ3v) is 3.90. The molecule has 1 N–H and O–H groups in total. The summed E-state index contributed by atoms with van der Waals surface area (Å²) in [6.07, 6.45) is 4.83. The molecule has 4 rings (SSSR count). The van der Waals surface area contributed by atoms with E-state index in [0.29, 0.717) is 12.3 Å². The first kappa shape index (κ1) is 15.9. The topological polar surface area (TPSA) is 78.0 Å². The van der Waals surface area contributed by atoms with Crippen LogP contribution in [0.15, 0.2) is 71.7 Å². The SMILES string of the molecule is COc1ccc(-c2cnco2)cc1NCc1cnn(-c2ccccc2)n1. The van der Waals surface area contributed by atoms with Crippen LogP contribution >= 0.6 is 0 Å². The summed E-state index contributed by atoms with van der Waals surface area (Å²) in [5.74, 6) is 1.44. The molecular weight excluding hydrogens is 330 g/mol. The van der Waals surface area contributed by atoms with Crippen LogP contribution < -0.4 is 10.1 Å². The molecule has 7 nitrogen and oxygen atoms in total. The smallest absolute Gasteiger partial charge is 0.181 e. The average Bonchev–Trinajstić information content (AvgIpc) is 3.39. The molecule has 0 radical (unpaired) electrons. The number of rotatable bonds is 6. The maximum atomic E-state index is 5.43. The highest BCUT2D eigenvalue weighted by atomic mass is 16.5. The number of nitrogens with zero attached hydrogens (tertiary/aromatic N) is 4. The van der Waals surface area contributed by atoms with E-state index in [1.165, 1.54) is 6.39 Å². The van der Waals surface area contributed by atoms with Gasteiger partial charge in [-0.05, 0) is 30.3 Å². The van der Waals surface area contributed by atoms with Gasteiger partial charge in [-0.1, -0.05) is 18.2 Å². The highest BCUT2D eigenvalue weighted by Gasteiger charge is 2.09. The van der Waals surface area contributed by atoms with E-state index < -0.39 is 0 Å². The molecule has 0 aliphatic carbocycles. The fourth-order valence-electron chi connectivity index (χ4n) is 2.60. The lowest BCUT2D eigenvalue weighted by atomic mass is 10.1. The summed E-state index contributed by atoms with van der Waals surface area (Å²) in [7, 11) is 1.64. The first-order valence-corrected chi connectivity index (χ1v) is 8.11. The Hall–Kier alpha value is -3.61. The molecule has 0 fully saturated rings. The molecule has 0 saturated carbocycles. The second-order valence-electron chi connectivity index (χ2n) is 5.60. The Morgan fingerprint density at radius 3 is 2.77 bits per heavy atom. The molecule has 0 saturated heterocycles. The van der Waals surface area contributed by atoms with Gasteiger partial charge in [-0.3, -0.25) is 0 Å². The van der Waals surface area contributed by atoms with Crippen LogP contribution in [0.4, 0.5) is 5.69 Å². The molecule has 7 heteroatoms. The number of nitrogens with one attached hydrogen (secondary N) is 1. The van der Waals surface area contributed by atoms with Crippen LogP contribution in [0.2, 0.25) is 0 Å². The zero-order chi connectivity index (χ0) is 17.8. The van der Waals surface area contributed by atoms with E-state index >= 15 is 0 Å². The molecule has 130 valence electrons. The van der Waals surface area contributed by atoms with Gasteiger partial charge in [-0.25, -0.2) is 4.98 Å². The number of hydrogen-bond donors (Lipinski definition) is 1. The summed E-state index contributed by atoms with van der Waals surface area (Å²) in [6, 6.07) is 15.6. The molecule has 0 spiro atoms. The Kier molecular flexibility index (Phi) is 4.34. The van der Waals surface area contributed by atoms with Crippen LogP contribution in [-0.2, 0) is 6.54 Å². The summed E-state index contributed by atoms with van der Waals surface area (Å²) in [4.78, 5) is 5.57. The number of aromatic nitrogens is 4. The lowest BCUT2D eigenvalue weighted by Crippen LogP contribution is -2.04. The van der Waals surface area contributed by atoms with E-state index in [1.807, 2.05) is 48.5 Å². The summed E-state index contributed by atoms with van der Waals surface area (Å²) in [6.45, 7) is 0.517. The second-order valence-corrected chi connectivity index (χ2v) is 5.60. The predicted octanol–water partition coefficient (Wildman–Crippen LogP) is 3.54. The van der Waals surface area contributed by atoms with Gasteiger partial charge in [0.05, 0.1) is 37.4 Å². The number of ether oxygens (including phenoxy) is 1. The van der Waals surface area contributed by atoms with E-state index in [1.54, 1.807) is 24.3 Å². The van der Waals surface area contributed by atoms with E-state index in [4.69, 9.17) is 9.15 Å². The van der Waals surface area contributed by atoms with Gasteiger partial charge >= 0.3 is 0 Å². The molecule has 0 amide bonds. The van der Waals surface area contributed by atoms with Crippen LogP contribution in [0.3, 0.4) is 0 Å². The first-order chi connectivity index (χ1) is 12.8. The van der Waals surface area contributed by atoms with Crippen LogP contribution in [-0.4, -0.2) is 27.1 Å². The monoisotopic (exact) mass is 347 g/mol. The number of anilines is 1. The van der Waals surface area contributed by atoms with Crippen molar-refractivity contribution in [1.82, 2.24) is 20.0 Å². The molecule has 2 aromatic carbocycles. The van der Waals surface area contributed by atoms with Crippen LogP contribution in [0.25, 0.3) is 17.0 Å². The average molecular weight is 347 g/mol. The van der Waals surface area contributed by atoms with Crippen LogP contribution in [0.1, 0.15) is 5.69 Å². The maximum absolute atomic E-state index is 5.43. The van der Waals surface area contributed by atoms with Crippen molar-refractivity contribution in [2.75, 3.05) is 12.4 Å². The Morgan fingerprint density at radius 2 is 2.00 bits per heavy atom. The van der Waals surface area contributed by atoms with Crippen molar-refractivity contribution in [3.8, 4) is 22.8 Å². The lowest BCUT2D eigenvalue weighted by Gasteiger charge is -2.11. The fourth-order valence-corrected chi connectivity index (χ4v) is 2.60. The zero-order valence-electron chi connectivity index (χ0n) is 14.2. The number of benzene rings is 2. The van der Waals surface area contributed by atoms with Gasteiger partial charge in [0.1, 0.15) is 11.4 Å². The van der Waals surface area contributed by atoms with Crippen molar-refractivity contribution >= 4 is 5.69 Å². The Balaban J connectivity index is 1.52. The molecule has 0 aliphatic heterocycles. The molecule has 0 bridgehead atoms. The Bertz CT molecular complexity index is 980. The van der Waals surface area contributed by atoms with Gasteiger partial charge in [-0.15, -0.1) is 0 Å². The van der Waals surface area contributed by atoms with Crippen LogP contribution in [0.5, 0.6) is 5.75 Å². The lowest BCUT2D eigenvalue weighted by molar-refractivity contribution is 0.416. The van der Waals surface area contributed by atoms with Gasteiger partial charge < -0.3 is 14.5 Å². The van der Waals surface area contributed by atoms with Gasteiger partial charge in [0.2, 0.25) is 0 Å². The van der Waals surface area contributed by atoms with Gasteiger partial charge in [-0.2, -0.15) is 15.0 Å². The number of oxazole rings is 1. The van der Waals surface area contributed by atoms with E-state index in [-0.39, 0.29) is 0 Å². The Labute approximate surface area is 150 Å². The van der Waals surface area contributed by atoms with E-state index in [2.05, 4.69) is 20.5 Å². The largest absolute Gasteiger partial charge is 0.495 e. The predicted molar refractivity (Wildman–Crippen MR) is 97.2 cm³/mol. The molecule has 0 unspecified atom stereocenters. The molecular formula is C19H17N5O2. The van der Waals surface area contributed by atoms with Crippen molar-refractivity contribution in [3.05, 3.63) is 73.0 Å². The van der Waals surface area contributed by atoms with E-state index in [9.17, 15) is 0 Å². The van der Waals surface area contributed by atoms with Crippen molar-refractivity contribution in [3.63, 3.8) is 0 Å². The zero-order valence-corrected chi connectivity index (χ0v) is 14.2. The number of hydrogen-bond acceptors (Lipinski definition) is 6. The molecule has 0 aliphatic rings. The summed E-state index contributed by atoms with van der Waals surface area (Å²) in [5, 5.41) is 12.2. The van der Waals surface area contributed by atoms with Crippen molar-refractivity contribution in [2.24, 2.45) is 0 Å². The minimum Gasteiger partial charge on any atom is -0.495 e. The normalized spacial score (nSPS) is 10.7. The standard InChI is InChI=1S/C19H17N5O2/c1-25-18-8-7-14(19-12-20-13-26-19)9-17(18)21-10-15-11-22-24(23-15)16-5-3-2-4-6-16/h2-9,11-13,21H,10H2,1H3. The third kappa shape index (κ3) is 3.27. The fraction of sp³-hybridized carbons (Fsp3) is 0.105. The van der Waals surface area contributed by atoms with Gasteiger partial charge in [0.15, 0.2) is 12.2 Å².